The summed E-state index contributed by atoms with van der Waals surface area (Å²) in [6.07, 6.45) is 6.68. The number of carbonyl (C=O) groups is 1. The minimum atomic E-state index is -0.204. The van der Waals surface area contributed by atoms with E-state index in [9.17, 15) is 4.79 Å². The summed E-state index contributed by atoms with van der Waals surface area (Å²) in [5.41, 5.74) is 0.778. The summed E-state index contributed by atoms with van der Waals surface area (Å²) in [6, 6.07) is 9.91. The Hall–Kier alpha value is -1.57. The zero-order valence-electron chi connectivity index (χ0n) is 11.0. The number of para-hydroxylation sites is 1. The number of hydrogen-bond donors (Lipinski definition) is 0. The number of anilines is 1. The molecule has 2 bridgehead atoms. The summed E-state index contributed by atoms with van der Waals surface area (Å²) < 4.78 is 0. The van der Waals surface area contributed by atoms with E-state index in [1.54, 1.807) is 0 Å². The fraction of sp³-hybridized carbons (Fsp3) is 0.438. The normalized spacial score (nSPS) is 32.8. The van der Waals surface area contributed by atoms with Crippen molar-refractivity contribution in [3.05, 3.63) is 42.5 Å². The molecule has 0 spiro atoms. The van der Waals surface area contributed by atoms with Crippen LogP contribution in [0.2, 0.25) is 0 Å². The molecular formula is C16H19NO. The van der Waals surface area contributed by atoms with Crippen LogP contribution in [-0.4, -0.2) is 13.0 Å². The molecule has 0 N–H and O–H groups in total. The molecule has 2 heteroatoms. The number of amides is 1. The SMILES string of the molecule is CN(C(=O)C1(C)CC2C=CC1C2)c1ccccc1. The molecule has 0 radical (unpaired) electrons. The Kier molecular flexibility index (Phi) is 2.54. The van der Waals surface area contributed by atoms with Gasteiger partial charge in [0.05, 0.1) is 5.41 Å². The molecule has 0 heterocycles. The first-order valence-corrected chi connectivity index (χ1v) is 6.63. The lowest BCUT2D eigenvalue weighted by atomic mass is 9.76. The molecule has 3 rings (SSSR count). The van der Waals surface area contributed by atoms with Gasteiger partial charge in [-0.05, 0) is 36.8 Å². The van der Waals surface area contributed by atoms with E-state index in [2.05, 4.69) is 19.1 Å². The highest BCUT2D eigenvalue weighted by Gasteiger charge is 2.50. The van der Waals surface area contributed by atoms with Gasteiger partial charge in [-0.1, -0.05) is 37.3 Å². The molecule has 3 atom stereocenters. The van der Waals surface area contributed by atoms with E-state index in [1.165, 1.54) is 0 Å². The van der Waals surface area contributed by atoms with Gasteiger partial charge in [-0.3, -0.25) is 4.79 Å². The van der Waals surface area contributed by atoms with Gasteiger partial charge in [-0.25, -0.2) is 0 Å². The molecule has 1 aromatic carbocycles. The summed E-state index contributed by atoms with van der Waals surface area (Å²) in [7, 11) is 1.89. The lowest BCUT2D eigenvalue weighted by Gasteiger charge is -2.34. The molecule has 3 unspecified atom stereocenters. The number of allylic oxidation sites excluding steroid dienone is 2. The Morgan fingerprint density at radius 2 is 2.00 bits per heavy atom. The Morgan fingerprint density at radius 3 is 2.56 bits per heavy atom. The van der Waals surface area contributed by atoms with Crippen LogP contribution in [0.25, 0.3) is 0 Å². The fourth-order valence-corrected chi connectivity index (χ4v) is 3.49. The van der Waals surface area contributed by atoms with Gasteiger partial charge >= 0.3 is 0 Å². The van der Waals surface area contributed by atoms with Gasteiger partial charge in [0.2, 0.25) is 5.91 Å². The van der Waals surface area contributed by atoms with Gasteiger partial charge in [0.1, 0.15) is 0 Å². The van der Waals surface area contributed by atoms with E-state index in [1.807, 2.05) is 42.3 Å². The second kappa shape index (κ2) is 3.98. The maximum atomic E-state index is 12.7. The van der Waals surface area contributed by atoms with Crippen LogP contribution in [0.15, 0.2) is 42.5 Å². The molecular weight excluding hydrogens is 222 g/mol. The van der Waals surface area contributed by atoms with Crippen molar-refractivity contribution >= 4 is 11.6 Å². The summed E-state index contributed by atoms with van der Waals surface area (Å²) in [6.45, 7) is 2.13. The molecule has 1 fully saturated rings. The smallest absolute Gasteiger partial charge is 0.233 e. The fourth-order valence-electron chi connectivity index (χ4n) is 3.49. The first-order chi connectivity index (χ1) is 8.61. The number of nitrogens with zero attached hydrogens (tertiary/aromatic N) is 1. The van der Waals surface area contributed by atoms with Crippen molar-refractivity contribution in [2.45, 2.75) is 19.8 Å². The van der Waals surface area contributed by atoms with Crippen molar-refractivity contribution < 1.29 is 4.79 Å². The van der Waals surface area contributed by atoms with Crippen LogP contribution in [0.5, 0.6) is 0 Å². The molecule has 0 saturated heterocycles. The predicted molar refractivity (Wildman–Crippen MR) is 73.3 cm³/mol. The summed E-state index contributed by atoms with van der Waals surface area (Å²) in [4.78, 5) is 14.6. The molecule has 2 nitrogen and oxygen atoms in total. The first-order valence-electron chi connectivity index (χ1n) is 6.63. The zero-order chi connectivity index (χ0) is 12.8. The molecule has 2 aliphatic carbocycles. The molecule has 1 amide bonds. The second-order valence-corrected chi connectivity index (χ2v) is 5.81. The third-order valence-electron chi connectivity index (χ3n) is 4.61. The van der Waals surface area contributed by atoms with Crippen molar-refractivity contribution in [3.63, 3.8) is 0 Å². The van der Waals surface area contributed by atoms with Gasteiger partial charge < -0.3 is 4.90 Å². The highest BCUT2D eigenvalue weighted by molar-refractivity contribution is 5.97. The van der Waals surface area contributed by atoms with Gasteiger partial charge in [0, 0.05) is 12.7 Å². The lowest BCUT2D eigenvalue weighted by molar-refractivity contribution is -0.128. The Balaban J connectivity index is 1.85. The van der Waals surface area contributed by atoms with E-state index in [0.717, 1.165) is 18.5 Å². The highest BCUT2D eigenvalue weighted by atomic mass is 16.2. The topological polar surface area (TPSA) is 20.3 Å². The minimum Gasteiger partial charge on any atom is -0.315 e. The predicted octanol–water partition coefficient (Wildman–Crippen LogP) is 3.25. The van der Waals surface area contributed by atoms with Crippen LogP contribution in [0.1, 0.15) is 19.8 Å². The Labute approximate surface area is 108 Å². The van der Waals surface area contributed by atoms with Gasteiger partial charge in [-0.2, -0.15) is 0 Å². The lowest BCUT2D eigenvalue weighted by Crippen LogP contribution is -2.42. The van der Waals surface area contributed by atoms with E-state index < -0.39 is 0 Å². The number of benzene rings is 1. The van der Waals surface area contributed by atoms with E-state index in [0.29, 0.717) is 11.8 Å². The van der Waals surface area contributed by atoms with Crippen molar-refractivity contribution in [3.8, 4) is 0 Å². The number of rotatable bonds is 2. The first kappa shape index (κ1) is 11.5. The summed E-state index contributed by atoms with van der Waals surface area (Å²) in [5.74, 6) is 1.31. The molecule has 94 valence electrons. The average Bonchev–Trinajstić information content (AvgIpc) is 2.98. The van der Waals surface area contributed by atoms with Gasteiger partial charge in [0.15, 0.2) is 0 Å². The number of carbonyl (C=O) groups excluding carboxylic acids is 1. The number of hydrogen-bond acceptors (Lipinski definition) is 1. The monoisotopic (exact) mass is 241 g/mol. The van der Waals surface area contributed by atoms with Crippen LogP contribution in [0, 0.1) is 17.3 Å². The largest absolute Gasteiger partial charge is 0.315 e. The van der Waals surface area contributed by atoms with Crippen LogP contribution in [0.3, 0.4) is 0 Å². The Bertz CT molecular complexity index is 493. The zero-order valence-corrected chi connectivity index (χ0v) is 11.0. The molecule has 1 aromatic rings. The van der Waals surface area contributed by atoms with Gasteiger partial charge in [0.25, 0.3) is 0 Å². The van der Waals surface area contributed by atoms with E-state index in [-0.39, 0.29) is 11.3 Å². The van der Waals surface area contributed by atoms with Crippen LogP contribution in [-0.2, 0) is 4.79 Å². The average molecular weight is 241 g/mol. The quantitative estimate of drug-likeness (QED) is 0.728. The maximum Gasteiger partial charge on any atom is 0.233 e. The van der Waals surface area contributed by atoms with Crippen molar-refractivity contribution in [2.24, 2.45) is 17.3 Å². The van der Waals surface area contributed by atoms with E-state index >= 15 is 0 Å². The third kappa shape index (κ3) is 1.59. The standard InChI is InChI=1S/C16H19NO/c1-16(11-12-8-9-13(16)10-12)15(18)17(2)14-6-4-3-5-7-14/h3-9,12-13H,10-11H2,1-2H3. The van der Waals surface area contributed by atoms with Crippen molar-refractivity contribution in [1.82, 2.24) is 0 Å². The maximum absolute atomic E-state index is 12.7. The van der Waals surface area contributed by atoms with Crippen LogP contribution < -0.4 is 4.90 Å². The van der Waals surface area contributed by atoms with Crippen molar-refractivity contribution in [1.29, 1.82) is 0 Å². The minimum absolute atomic E-state index is 0.204. The summed E-state index contributed by atoms with van der Waals surface area (Å²) in [5, 5.41) is 0. The Morgan fingerprint density at radius 1 is 1.28 bits per heavy atom. The molecule has 0 aliphatic heterocycles. The van der Waals surface area contributed by atoms with Crippen LogP contribution in [0.4, 0.5) is 5.69 Å². The second-order valence-electron chi connectivity index (χ2n) is 5.81. The molecule has 18 heavy (non-hydrogen) atoms. The van der Waals surface area contributed by atoms with Crippen LogP contribution >= 0.6 is 0 Å². The van der Waals surface area contributed by atoms with Crippen molar-refractivity contribution in [2.75, 3.05) is 11.9 Å². The number of fused-ring (bicyclic) bond motifs is 2. The third-order valence-corrected chi connectivity index (χ3v) is 4.61. The molecule has 2 aliphatic rings. The molecule has 0 aromatic heterocycles. The van der Waals surface area contributed by atoms with Gasteiger partial charge in [-0.15, -0.1) is 0 Å². The highest BCUT2D eigenvalue weighted by Crippen LogP contribution is 2.52. The van der Waals surface area contributed by atoms with E-state index in [4.69, 9.17) is 0 Å². The summed E-state index contributed by atoms with van der Waals surface area (Å²) >= 11 is 0. The molecule has 1 saturated carbocycles.